The van der Waals surface area contributed by atoms with E-state index in [1.165, 1.54) is 7.11 Å². The second-order valence-corrected chi connectivity index (χ2v) is 1.04. The summed E-state index contributed by atoms with van der Waals surface area (Å²) in [6.07, 6.45) is 0. The monoisotopic (exact) mass is 121 g/mol. The predicted octanol–water partition coefficient (Wildman–Crippen LogP) is -0.820. The van der Waals surface area contributed by atoms with E-state index in [0.29, 0.717) is 6.61 Å². The fourth-order valence-corrected chi connectivity index (χ4v) is 0.255. The third-order valence-corrected chi connectivity index (χ3v) is 0.449. The fourth-order valence-electron chi connectivity index (χ4n) is 0.255. The minimum absolute atomic E-state index is 0.507. The summed E-state index contributed by atoms with van der Waals surface area (Å²) in [5.41, 5.74) is 2.24. The molecule has 0 bridgehead atoms. The smallest absolute Gasteiger partial charge is 0.0689 e. The lowest BCUT2D eigenvalue weighted by Gasteiger charge is -2.12. The highest BCUT2D eigenvalue weighted by Crippen LogP contribution is 1.70. The Morgan fingerprint density at radius 3 is 2.75 bits per heavy atom. The van der Waals surface area contributed by atoms with Gasteiger partial charge in [0.25, 0.3) is 0 Å². The van der Waals surface area contributed by atoms with Crippen molar-refractivity contribution in [2.75, 3.05) is 13.7 Å². The Labute approximate surface area is 48.2 Å². The summed E-state index contributed by atoms with van der Waals surface area (Å²) in [4.78, 5) is 9.04. The molecule has 5 heteroatoms. The van der Waals surface area contributed by atoms with E-state index in [2.05, 4.69) is 15.3 Å². The maximum Gasteiger partial charge on any atom is 0.0689 e. The molecule has 50 valence electrons. The van der Waals surface area contributed by atoms with E-state index in [9.17, 15) is 0 Å². The first-order chi connectivity index (χ1) is 3.81. The lowest BCUT2D eigenvalue weighted by molar-refractivity contribution is -0.266. The molecule has 0 heterocycles. The van der Waals surface area contributed by atoms with Crippen molar-refractivity contribution >= 4 is 0 Å². The molecule has 0 unspecified atom stereocenters. The number of hydrogen-bond donors (Lipinski definition) is 2. The van der Waals surface area contributed by atoms with Crippen LogP contribution in [0, 0.1) is 0 Å². The minimum atomic E-state index is 0.507. The third kappa shape index (κ3) is 3.97. The fraction of sp³-hybridized carbons (Fsp3) is 1.00. The van der Waals surface area contributed by atoms with Gasteiger partial charge in [-0.25, -0.2) is 5.84 Å². The van der Waals surface area contributed by atoms with Crippen LogP contribution in [-0.2, 0) is 9.68 Å². The average Bonchev–Trinajstić information content (AvgIpc) is 1.68. The quantitative estimate of drug-likeness (QED) is 0.376. The van der Waals surface area contributed by atoms with Gasteiger partial charge in [0, 0.05) is 0 Å². The Hall–Kier alpha value is -0.200. The molecule has 0 aromatic rings. The highest BCUT2D eigenvalue weighted by Gasteiger charge is 1.89. The number of nitrogens with zero attached hydrogens (tertiary/aromatic N) is 1. The third-order valence-electron chi connectivity index (χ3n) is 0.449. The molecular weight excluding hydrogens is 110 g/mol. The Balaban J connectivity index is 2.92. The molecule has 0 atom stereocenters. The normalized spacial score (nSPS) is 10.5. The Morgan fingerprint density at radius 1 is 1.75 bits per heavy atom. The van der Waals surface area contributed by atoms with E-state index in [4.69, 9.17) is 5.84 Å². The zero-order valence-electron chi connectivity index (χ0n) is 5.05. The molecule has 5 nitrogen and oxygen atoms in total. The molecule has 0 aliphatic heterocycles. The van der Waals surface area contributed by atoms with Gasteiger partial charge in [-0.15, -0.1) is 0 Å². The van der Waals surface area contributed by atoms with E-state index in [0.717, 1.165) is 5.28 Å². The number of hydrogen-bond acceptors (Lipinski definition) is 5. The van der Waals surface area contributed by atoms with E-state index >= 15 is 0 Å². The van der Waals surface area contributed by atoms with Crippen molar-refractivity contribution in [3.05, 3.63) is 0 Å². The SMILES string of the molecule is CCON(N)NOC. The van der Waals surface area contributed by atoms with E-state index in [-0.39, 0.29) is 0 Å². The minimum Gasteiger partial charge on any atom is -0.287 e. The van der Waals surface area contributed by atoms with Crippen LogP contribution in [0.25, 0.3) is 0 Å². The molecule has 3 N–H and O–H groups in total. The Bertz CT molecular complexity index is 45.8. The van der Waals surface area contributed by atoms with E-state index < -0.39 is 0 Å². The molecule has 0 rings (SSSR count). The summed E-state index contributed by atoms with van der Waals surface area (Å²) in [6.45, 7) is 2.32. The predicted molar refractivity (Wildman–Crippen MR) is 27.8 cm³/mol. The number of nitrogens with two attached hydrogens (primary N) is 1. The van der Waals surface area contributed by atoms with Crippen molar-refractivity contribution in [1.82, 2.24) is 10.9 Å². The summed E-state index contributed by atoms with van der Waals surface area (Å²) in [5, 5.41) is 0.889. The topological polar surface area (TPSA) is 59.8 Å². The number of nitrogens with one attached hydrogen (secondary N) is 1. The molecule has 0 amide bonds. The highest BCUT2D eigenvalue weighted by atomic mass is 16.8. The van der Waals surface area contributed by atoms with Gasteiger partial charge in [0.05, 0.1) is 13.7 Å². The van der Waals surface area contributed by atoms with Gasteiger partial charge in [-0.05, 0) is 12.2 Å². The van der Waals surface area contributed by atoms with Gasteiger partial charge < -0.3 is 0 Å². The van der Waals surface area contributed by atoms with Gasteiger partial charge in [0.15, 0.2) is 0 Å². The average molecular weight is 121 g/mol. The maximum absolute atomic E-state index is 5.07. The largest absolute Gasteiger partial charge is 0.287 e. The molecule has 8 heavy (non-hydrogen) atoms. The zero-order chi connectivity index (χ0) is 6.41. The Morgan fingerprint density at radius 2 is 2.38 bits per heavy atom. The van der Waals surface area contributed by atoms with E-state index in [1.807, 2.05) is 6.92 Å². The first-order valence-corrected chi connectivity index (χ1v) is 2.27. The molecule has 0 saturated heterocycles. The second kappa shape index (κ2) is 4.95. The van der Waals surface area contributed by atoms with Gasteiger partial charge in [-0.1, -0.05) is 5.59 Å². The van der Waals surface area contributed by atoms with Crippen molar-refractivity contribution in [2.24, 2.45) is 5.84 Å². The second-order valence-electron chi connectivity index (χ2n) is 1.04. The van der Waals surface area contributed by atoms with Crippen LogP contribution in [0.2, 0.25) is 0 Å². The molecule has 0 aromatic carbocycles. The number of rotatable bonds is 4. The van der Waals surface area contributed by atoms with Crippen LogP contribution in [0.4, 0.5) is 0 Å². The lowest BCUT2D eigenvalue weighted by atomic mass is 10.9. The van der Waals surface area contributed by atoms with Crippen molar-refractivity contribution < 1.29 is 9.68 Å². The van der Waals surface area contributed by atoms with Gasteiger partial charge in [0.2, 0.25) is 0 Å². The van der Waals surface area contributed by atoms with Crippen molar-refractivity contribution in [3.63, 3.8) is 0 Å². The molecule has 0 fully saturated rings. The van der Waals surface area contributed by atoms with Crippen LogP contribution in [0.5, 0.6) is 0 Å². The van der Waals surface area contributed by atoms with Crippen LogP contribution in [-0.4, -0.2) is 19.0 Å². The standard InChI is InChI=1S/C3H11N3O2/c1-3-8-6(4)5-7-2/h5H,3-4H2,1-2H3. The highest BCUT2D eigenvalue weighted by molar-refractivity contribution is 4.00. The first-order valence-electron chi connectivity index (χ1n) is 2.27. The maximum atomic E-state index is 5.07. The van der Waals surface area contributed by atoms with Gasteiger partial charge in [-0.3, -0.25) is 9.68 Å². The summed E-state index contributed by atoms with van der Waals surface area (Å²) in [6, 6.07) is 0. The molecular formula is C3H11N3O2. The summed E-state index contributed by atoms with van der Waals surface area (Å²) in [7, 11) is 1.44. The van der Waals surface area contributed by atoms with Crippen molar-refractivity contribution in [1.29, 1.82) is 0 Å². The molecule has 0 radical (unpaired) electrons. The van der Waals surface area contributed by atoms with E-state index in [1.54, 1.807) is 0 Å². The van der Waals surface area contributed by atoms with Crippen LogP contribution in [0.3, 0.4) is 0 Å². The summed E-state index contributed by atoms with van der Waals surface area (Å²) in [5.74, 6) is 5.07. The molecule has 0 spiro atoms. The molecule has 0 aromatic heterocycles. The molecule has 0 aliphatic carbocycles. The van der Waals surface area contributed by atoms with Gasteiger partial charge in [-0.2, -0.15) is 0 Å². The number of hydrazine groups is 2. The van der Waals surface area contributed by atoms with Crippen molar-refractivity contribution in [3.8, 4) is 0 Å². The van der Waals surface area contributed by atoms with Crippen LogP contribution >= 0.6 is 0 Å². The summed E-state index contributed by atoms with van der Waals surface area (Å²) >= 11 is 0. The molecule has 0 saturated carbocycles. The van der Waals surface area contributed by atoms with Crippen LogP contribution < -0.4 is 11.4 Å². The first kappa shape index (κ1) is 7.80. The van der Waals surface area contributed by atoms with Gasteiger partial charge in [0.1, 0.15) is 0 Å². The van der Waals surface area contributed by atoms with Crippen molar-refractivity contribution in [2.45, 2.75) is 6.92 Å². The summed E-state index contributed by atoms with van der Waals surface area (Å²) < 4.78 is 0. The Kier molecular flexibility index (Phi) is 4.82. The van der Waals surface area contributed by atoms with Crippen LogP contribution in [0.15, 0.2) is 0 Å². The molecule has 0 aliphatic rings. The lowest BCUT2D eigenvalue weighted by Crippen LogP contribution is -2.42. The zero-order valence-corrected chi connectivity index (χ0v) is 5.05. The van der Waals surface area contributed by atoms with Crippen LogP contribution in [0.1, 0.15) is 6.92 Å². The van der Waals surface area contributed by atoms with Gasteiger partial charge >= 0.3 is 0 Å².